The number of Topliss-reactive ketones (excluding diaryl/α,β-unsaturated/α-hetero) is 1. The van der Waals surface area contributed by atoms with Gasteiger partial charge < -0.3 is 4.90 Å². The fourth-order valence-corrected chi connectivity index (χ4v) is 3.43. The van der Waals surface area contributed by atoms with E-state index in [4.69, 9.17) is 0 Å². The molecule has 0 spiro atoms. The lowest BCUT2D eigenvalue weighted by atomic mass is 10.0. The molecule has 0 N–H and O–H groups in total. The Kier molecular flexibility index (Phi) is 5.23. The van der Waals surface area contributed by atoms with Crippen molar-refractivity contribution in [1.82, 2.24) is 14.5 Å². The molecule has 5 nitrogen and oxygen atoms in total. The molecular weight excluding hydrogens is 274 g/mol. The molecule has 1 aromatic rings. The first-order chi connectivity index (χ1) is 9.63. The zero-order chi connectivity index (χ0) is 14.5. The van der Waals surface area contributed by atoms with Crippen LogP contribution in [-0.2, 0) is 11.2 Å². The van der Waals surface area contributed by atoms with Gasteiger partial charge in [0.15, 0.2) is 0 Å². The van der Waals surface area contributed by atoms with Crippen LogP contribution < -0.4 is 0 Å². The highest BCUT2D eigenvalue weighted by atomic mass is 32.1. The summed E-state index contributed by atoms with van der Waals surface area (Å²) in [6.45, 7) is 4.31. The van der Waals surface area contributed by atoms with E-state index in [0.29, 0.717) is 17.7 Å². The number of nitrogens with zero attached hydrogens (tertiary/aromatic N) is 3. The fourth-order valence-electron chi connectivity index (χ4n) is 2.72. The van der Waals surface area contributed by atoms with Crippen LogP contribution in [0.3, 0.4) is 0 Å². The molecule has 0 radical (unpaired) electrons. The van der Waals surface area contributed by atoms with E-state index in [2.05, 4.69) is 9.59 Å². The largest absolute Gasteiger partial charge is 0.334 e. The predicted octanol–water partition coefficient (Wildman–Crippen LogP) is 2.46. The first-order valence-electron chi connectivity index (χ1n) is 7.25. The van der Waals surface area contributed by atoms with Gasteiger partial charge in [-0.05, 0) is 37.7 Å². The summed E-state index contributed by atoms with van der Waals surface area (Å²) in [5, 5.41) is 4.01. The van der Waals surface area contributed by atoms with Crippen molar-refractivity contribution >= 4 is 23.2 Å². The smallest absolute Gasteiger partial charge is 0.267 e. The molecule has 2 rings (SSSR count). The first-order valence-corrected chi connectivity index (χ1v) is 8.02. The van der Waals surface area contributed by atoms with Gasteiger partial charge in [-0.25, -0.2) is 0 Å². The Labute approximate surface area is 123 Å². The number of amides is 1. The van der Waals surface area contributed by atoms with Gasteiger partial charge in [-0.2, -0.15) is 0 Å². The minimum atomic E-state index is 0.00463. The monoisotopic (exact) mass is 295 g/mol. The molecule has 20 heavy (non-hydrogen) atoms. The highest BCUT2D eigenvalue weighted by Crippen LogP contribution is 2.24. The van der Waals surface area contributed by atoms with Gasteiger partial charge in [0.1, 0.15) is 10.7 Å². The average Bonchev–Trinajstić information content (AvgIpc) is 2.78. The lowest BCUT2D eigenvalue weighted by molar-refractivity contribution is -0.118. The van der Waals surface area contributed by atoms with E-state index < -0.39 is 0 Å². The first kappa shape index (κ1) is 15.1. The van der Waals surface area contributed by atoms with Gasteiger partial charge in [0.25, 0.3) is 5.91 Å². The van der Waals surface area contributed by atoms with Gasteiger partial charge in [-0.1, -0.05) is 24.3 Å². The number of carbonyl (C=O) groups is 2. The zero-order valence-electron chi connectivity index (χ0n) is 12.1. The maximum Gasteiger partial charge on any atom is 0.267 e. The molecule has 1 aliphatic rings. The number of rotatable bonds is 4. The molecule has 1 atom stereocenters. The van der Waals surface area contributed by atoms with E-state index in [0.717, 1.165) is 37.9 Å². The maximum absolute atomic E-state index is 12.7. The second-order valence-corrected chi connectivity index (χ2v) is 6.06. The van der Waals surface area contributed by atoms with Crippen LogP contribution in [0.1, 0.15) is 61.3 Å². The summed E-state index contributed by atoms with van der Waals surface area (Å²) in [7, 11) is 0. The average molecular weight is 295 g/mol. The summed E-state index contributed by atoms with van der Waals surface area (Å²) in [6.07, 6.45) is 5.30. The molecule has 0 bridgehead atoms. The molecule has 1 amide bonds. The fraction of sp³-hybridized carbons (Fsp3) is 0.714. The van der Waals surface area contributed by atoms with Gasteiger partial charge in [0.2, 0.25) is 0 Å². The Morgan fingerprint density at radius 2 is 2.15 bits per heavy atom. The second kappa shape index (κ2) is 6.92. The molecule has 0 aromatic carbocycles. The molecule has 2 heterocycles. The molecule has 6 heteroatoms. The molecule has 1 aliphatic heterocycles. The van der Waals surface area contributed by atoms with Crippen LogP contribution in [0.5, 0.6) is 0 Å². The van der Waals surface area contributed by atoms with Crippen LogP contribution in [0.2, 0.25) is 0 Å². The van der Waals surface area contributed by atoms with E-state index in [1.54, 1.807) is 6.92 Å². The van der Waals surface area contributed by atoms with E-state index in [-0.39, 0.29) is 17.7 Å². The Balaban J connectivity index is 2.21. The van der Waals surface area contributed by atoms with Crippen molar-refractivity contribution in [2.24, 2.45) is 0 Å². The number of carbonyl (C=O) groups excluding carboxylic acids is 2. The lowest BCUT2D eigenvalue weighted by Gasteiger charge is -2.29. The van der Waals surface area contributed by atoms with Crippen molar-refractivity contribution in [3.63, 3.8) is 0 Å². The minimum absolute atomic E-state index is 0.00463. The zero-order valence-corrected chi connectivity index (χ0v) is 12.9. The van der Waals surface area contributed by atoms with Crippen molar-refractivity contribution in [2.75, 3.05) is 6.54 Å². The molecule has 0 saturated carbocycles. The van der Waals surface area contributed by atoms with Crippen molar-refractivity contribution in [3.8, 4) is 0 Å². The summed E-state index contributed by atoms with van der Waals surface area (Å²) < 4.78 is 3.90. The van der Waals surface area contributed by atoms with Crippen LogP contribution >= 0.6 is 11.5 Å². The van der Waals surface area contributed by atoms with E-state index in [1.165, 1.54) is 11.5 Å². The van der Waals surface area contributed by atoms with Crippen LogP contribution in [0, 0.1) is 0 Å². The molecule has 1 unspecified atom stereocenters. The third kappa shape index (κ3) is 3.42. The quantitative estimate of drug-likeness (QED) is 0.856. The minimum Gasteiger partial charge on any atom is -0.334 e. The predicted molar refractivity (Wildman–Crippen MR) is 77.9 cm³/mol. The summed E-state index contributed by atoms with van der Waals surface area (Å²) in [4.78, 5) is 26.7. The van der Waals surface area contributed by atoms with Gasteiger partial charge in [-0.3, -0.25) is 9.59 Å². The molecule has 1 fully saturated rings. The highest BCUT2D eigenvalue weighted by molar-refractivity contribution is 7.08. The summed E-state index contributed by atoms with van der Waals surface area (Å²) in [5.74, 6) is 0.151. The Morgan fingerprint density at radius 1 is 1.35 bits per heavy atom. The van der Waals surface area contributed by atoms with Gasteiger partial charge in [0, 0.05) is 19.0 Å². The number of ketones is 1. The SMILES string of the molecule is CCc1nnsc1C(=O)N1CCCCCC1CC(C)=O. The van der Waals surface area contributed by atoms with Crippen molar-refractivity contribution in [1.29, 1.82) is 0 Å². The Bertz CT molecular complexity index is 487. The third-order valence-electron chi connectivity index (χ3n) is 3.75. The van der Waals surface area contributed by atoms with E-state index >= 15 is 0 Å². The van der Waals surface area contributed by atoms with Gasteiger partial charge in [-0.15, -0.1) is 5.10 Å². The van der Waals surface area contributed by atoms with Crippen molar-refractivity contribution in [3.05, 3.63) is 10.6 Å². The second-order valence-electron chi connectivity index (χ2n) is 5.31. The van der Waals surface area contributed by atoms with Crippen LogP contribution in [0.4, 0.5) is 0 Å². The maximum atomic E-state index is 12.7. The standard InChI is InChI=1S/C14H21N3O2S/c1-3-12-13(20-16-15-12)14(19)17-8-6-4-5-7-11(17)9-10(2)18/h11H,3-9H2,1-2H3. The van der Waals surface area contributed by atoms with Gasteiger partial charge in [0.05, 0.1) is 5.69 Å². The summed E-state index contributed by atoms with van der Waals surface area (Å²) in [6, 6.07) is 0.0364. The number of likely N-dealkylation sites (tertiary alicyclic amines) is 1. The number of hydrogen-bond donors (Lipinski definition) is 0. The summed E-state index contributed by atoms with van der Waals surface area (Å²) in [5.41, 5.74) is 0.769. The van der Waals surface area contributed by atoms with E-state index in [1.807, 2.05) is 11.8 Å². The summed E-state index contributed by atoms with van der Waals surface area (Å²) >= 11 is 1.17. The molecule has 0 aliphatic carbocycles. The molecule has 1 saturated heterocycles. The molecule has 110 valence electrons. The Morgan fingerprint density at radius 3 is 2.85 bits per heavy atom. The van der Waals surface area contributed by atoms with Gasteiger partial charge >= 0.3 is 0 Å². The van der Waals surface area contributed by atoms with E-state index in [9.17, 15) is 9.59 Å². The number of aromatic nitrogens is 2. The number of aryl methyl sites for hydroxylation is 1. The lowest BCUT2D eigenvalue weighted by Crippen LogP contribution is -2.41. The van der Waals surface area contributed by atoms with Crippen molar-refractivity contribution in [2.45, 2.75) is 58.4 Å². The topological polar surface area (TPSA) is 63.2 Å². The molecule has 1 aromatic heterocycles. The number of hydrogen-bond acceptors (Lipinski definition) is 5. The van der Waals surface area contributed by atoms with Crippen LogP contribution in [0.25, 0.3) is 0 Å². The van der Waals surface area contributed by atoms with Crippen LogP contribution in [-0.4, -0.2) is 38.8 Å². The normalized spacial score (nSPS) is 19.7. The third-order valence-corrected chi connectivity index (χ3v) is 4.50. The van der Waals surface area contributed by atoms with Crippen molar-refractivity contribution < 1.29 is 9.59 Å². The highest BCUT2D eigenvalue weighted by Gasteiger charge is 2.29. The Hall–Kier alpha value is -1.30. The molecular formula is C14H21N3O2S. The van der Waals surface area contributed by atoms with Crippen LogP contribution in [0.15, 0.2) is 0 Å².